The maximum absolute atomic E-state index is 13.7. The molecule has 2 bridgehead atoms. The van der Waals surface area contributed by atoms with Crippen molar-refractivity contribution in [2.75, 3.05) is 0 Å². The first kappa shape index (κ1) is 17.8. The Morgan fingerprint density at radius 1 is 1.24 bits per heavy atom. The number of hydrogen-bond acceptors (Lipinski definition) is 2. The molecule has 0 aliphatic heterocycles. The van der Waals surface area contributed by atoms with Crippen LogP contribution in [0.4, 0.5) is 17.6 Å². The van der Waals surface area contributed by atoms with Gasteiger partial charge >= 0.3 is 6.18 Å². The van der Waals surface area contributed by atoms with Gasteiger partial charge in [-0.05, 0) is 36.3 Å². The number of halogens is 4. The van der Waals surface area contributed by atoms with Gasteiger partial charge in [-0.3, -0.25) is 9.59 Å². The number of allylic oxidation sites excluding steroid dienone is 2. The fourth-order valence-electron chi connectivity index (χ4n) is 4.33. The number of Topliss-reactive ketones (excluding diaryl/α,β-unsaturated/α-hetero) is 1. The van der Waals surface area contributed by atoms with E-state index < -0.39 is 34.3 Å². The Bertz CT molecular complexity index is 804. The molecule has 6 heteroatoms. The van der Waals surface area contributed by atoms with Crippen LogP contribution in [0.5, 0.6) is 0 Å². The van der Waals surface area contributed by atoms with Gasteiger partial charge in [0.05, 0.1) is 0 Å². The second-order valence-corrected chi connectivity index (χ2v) is 7.60. The number of carbonyl (C=O) groups excluding carboxylic acids is 2. The van der Waals surface area contributed by atoms with Crippen LogP contribution in [0, 0.1) is 22.6 Å². The molecule has 0 unspecified atom stereocenters. The molecule has 134 valence electrons. The molecule has 0 N–H and O–H groups in total. The van der Waals surface area contributed by atoms with Gasteiger partial charge in [0, 0.05) is 16.6 Å². The van der Waals surface area contributed by atoms with E-state index in [9.17, 15) is 27.2 Å². The third kappa shape index (κ3) is 2.37. The van der Waals surface area contributed by atoms with Crippen molar-refractivity contribution in [3.63, 3.8) is 0 Å². The molecule has 2 saturated carbocycles. The highest BCUT2D eigenvalue weighted by atomic mass is 19.4. The summed E-state index contributed by atoms with van der Waals surface area (Å²) in [5.74, 6) is -2.84. The minimum absolute atomic E-state index is 0.170. The van der Waals surface area contributed by atoms with Crippen LogP contribution in [0.25, 0.3) is 0 Å². The van der Waals surface area contributed by atoms with Crippen LogP contribution in [-0.2, 0) is 11.0 Å². The smallest absolute Gasteiger partial charge is 0.294 e. The van der Waals surface area contributed by atoms with Crippen molar-refractivity contribution in [1.29, 1.82) is 0 Å². The minimum atomic E-state index is -4.99. The van der Waals surface area contributed by atoms with E-state index in [2.05, 4.69) is 0 Å². The maximum Gasteiger partial charge on any atom is 0.419 e. The Morgan fingerprint density at radius 2 is 1.88 bits per heavy atom. The summed E-state index contributed by atoms with van der Waals surface area (Å²) >= 11 is 0. The highest BCUT2D eigenvalue weighted by Crippen LogP contribution is 2.65. The maximum atomic E-state index is 13.7. The van der Waals surface area contributed by atoms with E-state index in [1.165, 1.54) is 0 Å². The lowest BCUT2D eigenvalue weighted by molar-refractivity contribution is -0.140. The van der Waals surface area contributed by atoms with Crippen LogP contribution in [0.15, 0.2) is 29.8 Å². The number of hydrogen-bond donors (Lipinski definition) is 0. The molecule has 25 heavy (non-hydrogen) atoms. The number of alkyl halides is 3. The summed E-state index contributed by atoms with van der Waals surface area (Å²) in [7, 11) is 0. The third-order valence-electron chi connectivity index (χ3n) is 6.21. The van der Waals surface area contributed by atoms with Crippen molar-refractivity contribution in [2.24, 2.45) is 16.7 Å². The van der Waals surface area contributed by atoms with E-state index in [0.29, 0.717) is 18.9 Å². The summed E-state index contributed by atoms with van der Waals surface area (Å²) in [5, 5.41) is 0. The quantitative estimate of drug-likeness (QED) is 0.426. The molecule has 0 heterocycles. The molecule has 0 aromatic heterocycles. The lowest BCUT2D eigenvalue weighted by Crippen LogP contribution is -2.32. The van der Waals surface area contributed by atoms with E-state index in [-0.39, 0.29) is 22.7 Å². The fourth-order valence-corrected chi connectivity index (χ4v) is 4.33. The van der Waals surface area contributed by atoms with Crippen molar-refractivity contribution in [2.45, 2.75) is 39.8 Å². The Hall–Kier alpha value is -1.98. The van der Waals surface area contributed by atoms with E-state index in [1.807, 2.05) is 20.8 Å². The summed E-state index contributed by atoms with van der Waals surface area (Å²) < 4.78 is 53.0. The second kappa shape index (κ2) is 5.26. The number of fused-ring (bicyclic) bond motifs is 2. The predicted octanol–water partition coefficient (Wildman–Crippen LogP) is 4.98. The lowest BCUT2D eigenvalue weighted by atomic mass is 9.70. The number of ketones is 2. The summed E-state index contributed by atoms with van der Waals surface area (Å²) in [4.78, 5) is 25.2. The van der Waals surface area contributed by atoms with Crippen LogP contribution >= 0.6 is 0 Å². The zero-order valence-electron chi connectivity index (χ0n) is 14.1. The number of rotatable bonds is 2. The molecule has 1 aromatic rings. The molecule has 2 aliphatic rings. The van der Waals surface area contributed by atoms with Crippen LogP contribution in [-0.4, -0.2) is 11.6 Å². The van der Waals surface area contributed by atoms with E-state index in [1.54, 1.807) is 0 Å². The Balaban J connectivity index is 2.07. The van der Waals surface area contributed by atoms with Gasteiger partial charge in [0.1, 0.15) is 11.4 Å². The molecule has 2 atom stereocenters. The normalized spacial score (nSPS) is 29.5. The van der Waals surface area contributed by atoms with E-state index in [0.717, 1.165) is 18.2 Å². The molecule has 1 aromatic carbocycles. The summed E-state index contributed by atoms with van der Waals surface area (Å²) in [6.45, 7) is 5.72. The summed E-state index contributed by atoms with van der Waals surface area (Å²) in [5.41, 5.74) is -3.05. The van der Waals surface area contributed by atoms with Crippen molar-refractivity contribution in [3.8, 4) is 0 Å². The molecule has 0 spiro atoms. The monoisotopic (exact) mass is 354 g/mol. The first-order chi connectivity index (χ1) is 11.4. The van der Waals surface area contributed by atoms with Crippen molar-refractivity contribution in [3.05, 3.63) is 46.8 Å². The van der Waals surface area contributed by atoms with Gasteiger partial charge in [-0.1, -0.05) is 32.9 Å². The zero-order chi connectivity index (χ0) is 18.8. The Kier molecular flexibility index (Phi) is 3.75. The van der Waals surface area contributed by atoms with Gasteiger partial charge in [0.15, 0.2) is 11.6 Å². The van der Waals surface area contributed by atoms with E-state index >= 15 is 0 Å². The minimum Gasteiger partial charge on any atom is -0.294 e. The average Bonchev–Trinajstić information content (AvgIpc) is 2.79. The Labute approximate surface area is 142 Å². The number of benzene rings is 1. The van der Waals surface area contributed by atoms with Crippen LogP contribution in [0.2, 0.25) is 0 Å². The number of carbonyl (C=O) groups is 2. The van der Waals surface area contributed by atoms with Crippen molar-refractivity contribution >= 4 is 11.6 Å². The first-order valence-electron chi connectivity index (χ1n) is 8.07. The van der Waals surface area contributed by atoms with Crippen molar-refractivity contribution in [1.82, 2.24) is 0 Å². The molecule has 2 nitrogen and oxygen atoms in total. The molecule has 3 rings (SSSR count). The molecule has 2 fully saturated rings. The fraction of sp³-hybridized carbons (Fsp3) is 0.474. The summed E-state index contributed by atoms with van der Waals surface area (Å²) in [6.07, 6.45) is -2.59. The van der Waals surface area contributed by atoms with Gasteiger partial charge in [0.25, 0.3) is 0 Å². The van der Waals surface area contributed by atoms with Crippen LogP contribution in [0.3, 0.4) is 0 Å². The summed E-state index contributed by atoms with van der Waals surface area (Å²) in [6, 6.07) is 2.67. The molecule has 2 aliphatic carbocycles. The van der Waals surface area contributed by atoms with E-state index in [4.69, 9.17) is 0 Å². The SMILES string of the molecule is CC1(C)[C@H]2CC[C@]1(C)C(=O)/C2=C/C(=O)c1cccc(F)c1C(F)(F)F. The lowest BCUT2D eigenvalue weighted by Gasteiger charge is -2.31. The van der Waals surface area contributed by atoms with Gasteiger partial charge in [-0.25, -0.2) is 4.39 Å². The molecular formula is C19H18F4O2. The molecule has 0 saturated heterocycles. The standard InChI is InChI=1S/C19H18F4O2/c1-17(2)12-7-8-18(17,3)16(25)11(12)9-14(24)10-5-4-6-13(20)15(10)19(21,22)23/h4-6,9,12H,7-8H2,1-3H3/b11-9+/t12-,18+/m0/s1. The highest BCUT2D eigenvalue weighted by molar-refractivity contribution is 6.13. The second-order valence-electron chi connectivity index (χ2n) is 7.60. The van der Waals surface area contributed by atoms with Crippen LogP contribution in [0.1, 0.15) is 49.5 Å². The predicted molar refractivity (Wildman–Crippen MR) is 83.4 cm³/mol. The van der Waals surface area contributed by atoms with Gasteiger partial charge < -0.3 is 0 Å². The highest BCUT2D eigenvalue weighted by Gasteiger charge is 2.64. The van der Waals surface area contributed by atoms with Gasteiger partial charge in [-0.2, -0.15) is 13.2 Å². The zero-order valence-corrected chi connectivity index (χ0v) is 14.1. The Morgan fingerprint density at radius 3 is 2.40 bits per heavy atom. The largest absolute Gasteiger partial charge is 0.419 e. The average molecular weight is 354 g/mol. The van der Waals surface area contributed by atoms with Gasteiger partial charge in [-0.15, -0.1) is 0 Å². The third-order valence-corrected chi connectivity index (χ3v) is 6.21. The van der Waals surface area contributed by atoms with Crippen molar-refractivity contribution < 1.29 is 27.2 Å². The van der Waals surface area contributed by atoms with Gasteiger partial charge in [0.2, 0.25) is 0 Å². The first-order valence-corrected chi connectivity index (χ1v) is 8.07. The van der Waals surface area contributed by atoms with Crippen LogP contribution < -0.4 is 0 Å². The molecule has 0 radical (unpaired) electrons. The topological polar surface area (TPSA) is 34.1 Å². The molecule has 0 amide bonds. The molecular weight excluding hydrogens is 336 g/mol.